The van der Waals surface area contributed by atoms with Crippen LogP contribution < -0.4 is 10.1 Å². The van der Waals surface area contributed by atoms with Crippen LogP contribution in [-0.2, 0) is 6.54 Å². The van der Waals surface area contributed by atoms with Crippen molar-refractivity contribution in [3.8, 4) is 5.75 Å². The minimum atomic E-state index is 0.719. The number of thioether (sulfide) groups is 1. The second-order valence-electron chi connectivity index (χ2n) is 4.50. The first-order valence-corrected chi connectivity index (χ1v) is 7.95. The Kier molecular flexibility index (Phi) is 5.21. The lowest BCUT2D eigenvalue weighted by Crippen LogP contribution is -2.02. The molecule has 0 aliphatic rings. The predicted octanol–water partition coefficient (Wildman–Crippen LogP) is 4.99. The summed E-state index contributed by atoms with van der Waals surface area (Å²) in [6.45, 7) is 2.74. The summed E-state index contributed by atoms with van der Waals surface area (Å²) >= 11 is 7.85. The van der Waals surface area contributed by atoms with Crippen LogP contribution in [0.1, 0.15) is 11.1 Å². The lowest BCUT2D eigenvalue weighted by molar-refractivity contribution is 0.416. The van der Waals surface area contributed by atoms with Gasteiger partial charge in [0.1, 0.15) is 5.75 Å². The molecule has 20 heavy (non-hydrogen) atoms. The van der Waals surface area contributed by atoms with E-state index in [0.29, 0.717) is 0 Å². The molecule has 0 aliphatic heterocycles. The van der Waals surface area contributed by atoms with E-state index < -0.39 is 0 Å². The van der Waals surface area contributed by atoms with E-state index in [1.165, 1.54) is 10.5 Å². The van der Waals surface area contributed by atoms with Crippen LogP contribution in [0, 0.1) is 6.92 Å². The summed E-state index contributed by atoms with van der Waals surface area (Å²) in [5.74, 6) is 0.765. The van der Waals surface area contributed by atoms with Crippen molar-refractivity contribution in [1.82, 2.24) is 0 Å². The Morgan fingerprint density at radius 1 is 1.20 bits per heavy atom. The van der Waals surface area contributed by atoms with Crippen LogP contribution in [0.25, 0.3) is 0 Å². The highest BCUT2D eigenvalue weighted by molar-refractivity contribution is 7.98. The first-order chi connectivity index (χ1) is 9.63. The van der Waals surface area contributed by atoms with Gasteiger partial charge in [0.15, 0.2) is 0 Å². The number of rotatable bonds is 5. The Hall–Kier alpha value is -1.32. The maximum Gasteiger partial charge on any atom is 0.143 e. The molecule has 0 spiro atoms. The van der Waals surface area contributed by atoms with Crippen LogP contribution in [0.15, 0.2) is 41.3 Å². The van der Waals surface area contributed by atoms with Crippen LogP contribution in [0.5, 0.6) is 5.75 Å². The van der Waals surface area contributed by atoms with Crippen LogP contribution in [-0.4, -0.2) is 13.4 Å². The molecular weight excluding hydrogens is 290 g/mol. The lowest BCUT2D eigenvalue weighted by atomic mass is 10.2. The molecule has 0 unspecified atom stereocenters. The van der Waals surface area contributed by atoms with E-state index in [1.807, 2.05) is 19.1 Å². The van der Waals surface area contributed by atoms with Gasteiger partial charge in [0.05, 0.1) is 12.8 Å². The number of methoxy groups -OCH3 is 1. The highest BCUT2D eigenvalue weighted by Gasteiger charge is 2.06. The molecule has 2 nitrogen and oxygen atoms in total. The quantitative estimate of drug-likeness (QED) is 0.786. The molecule has 0 amide bonds. The molecule has 0 bridgehead atoms. The van der Waals surface area contributed by atoms with Gasteiger partial charge in [0, 0.05) is 22.5 Å². The summed E-state index contributed by atoms with van der Waals surface area (Å²) in [5.41, 5.74) is 3.23. The minimum absolute atomic E-state index is 0.719. The highest BCUT2D eigenvalue weighted by atomic mass is 35.5. The van der Waals surface area contributed by atoms with Crippen LogP contribution >= 0.6 is 23.4 Å². The highest BCUT2D eigenvalue weighted by Crippen LogP contribution is 2.31. The fourth-order valence-corrected chi connectivity index (χ4v) is 2.47. The second-order valence-corrected chi connectivity index (χ2v) is 5.79. The predicted molar refractivity (Wildman–Crippen MR) is 88.3 cm³/mol. The maximum absolute atomic E-state index is 6.11. The molecule has 0 atom stereocenters. The lowest BCUT2D eigenvalue weighted by Gasteiger charge is -2.13. The number of hydrogen-bond donors (Lipinski definition) is 1. The summed E-state index contributed by atoms with van der Waals surface area (Å²) in [5, 5.41) is 4.11. The minimum Gasteiger partial charge on any atom is -0.495 e. The van der Waals surface area contributed by atoms with Crippen LogP contribution in [0.2, 0.25) is 5.02 Å². The largest absolute Gasteiger partial charge is 0.495 e. The van der Waals surface area contributed by atoms with Crippen molar-refractivity contribution in [2.24, 2.45) is 0 Å². The summed E-state index contributed by atoms with van der Waals surface area (Å²) in [4.78, 5) is 1.27. The fourth-order valence-electron chi connectivity index (χ4n) is 1.91. The number of aryl methyl sites for hydroxylation is 1. The molecule has 0 aromatic heterocycles. The average molecular weight is 308 g/mol. The van der Waals surface area contributed by atoms with Crippen molar-refractivity contribution in [2.75, 3.05) is 18.7 Å². The molecule has 2 aromatic rings. The van der Waals surface area contributed by atoms with Crippen molar-refractivity contribution in [2.45, 2.75) is 18.4 Å². The van der Waals surface area contributed by atoms with Crippen molar-refractivity contribution < 1.29 is 4.74 Å². The standard InChI is InChI=1S/C16H18ClNOS/c1-11-8-15(16(19-2)9-14(11)17)18-10-12-4-6-13(20-3)7-5-12/h4-9,18H,10H2,1-3H3. The van der Waals surface area contributed by atoms with Gasteiger partial charge in [-0.3, -0.25) is 0 Å². The third-order valence-electron chi connectivity index (χ3n) is 3.12. The molecule has 0 fully saturated rings. The van der Waals surface area contributed by atoms with Gasteiger partial charge in [0.2, 0.25) is 0 Å². The molecule has 0 saturated carbocycles. The van der Waals surface area contributed by atoms with Crippen molar-refractivity contribution in [1.29, 1.82) is 0 Å². The van der Waals surface area contributed by atoms with Crippen LogP contribution in [0.3, 0.4) is 0 Å². The first kappa shape index (κ1) is 15.1. The van der Waals surface area contributed by atoms with Gasteiger partial charge in [-0.05, 0) is 42.5 Å². The van der Waals surface area contributed by atoms with Crippen LogP contribution in [0.4, 0.5) is 5.69 Å². The maximum atomic E-state index is 6.11. The second kappa shape index (κ2) is 6.91. The van der Waals surface area contributed by atoms with Gasteiger partial charge in [-0.15, -0.1) is 11.8 Å². The number of halogens is 1. The first-order valence-electron chi connectivity index (χ1n) is 6.35. The van der Waals surface area contributed by atoms with Gasteiger partial charge in [0.25, 0.3) is 0 Å². The third-order valence-corrected chi connectivity index (χ3v) is 4.27. The van der Waals surface area contributed by atoms with E-state index in [2.05, 4.69) is 35.8 Å². The van der Waals surface area contributed by atoms with Crippen molar-refractivity contribution in [3.05, 3.63) is 52.5 Å². The molecule has 0 heterocycles. The number of anilines is 1. The topological polar surface area (TPSA) is 21.3 Å². The molecule has 106 valence electrons. The van der Waals surface area contributed by atoms with Gasteiger partial charge in [-0.1, -0.05) is 23.7 Å². The summed E-state index contributed by atoms with van der Waals surface area (Å²) in [6.07, 6.45) is 2.08. The smallest absolute Gasteiger partial charge is 0.143 e. The van der Waals surface area contributed by atoms with E-state index in [1.54, 1.807) is 18.9 Å². The van der Waals surface area contributed by atoms with Gasteiger partial charge >= 0.3 is 0 Å². The Bertz CT molecular complexity index is 584. The molecule has 2 aromatic carbocycles. The molecule has 4 heteroatoms. The van der Waals surface area contributed by atoms with E-state index >= 15 is 0 Å². The average Bonchev–Trinajstić information content (AvgIpc) is 2.48. The molecule has 0 saturated heterocycles. The molecule has 2 rings (SSSR count). The summed E-state index contributed by atoms with van der Waals surface area (Å²) in [6, 6.07) is 12.4. The molecule has 1 N–H and O–H groups in total. The zero-order chi connectivity index (χ0) is 14.5. The van der Waals surface area contributed by atoms with E-state index in [-0.39, 0.29) is 0 Å². The molecule has 0 radical (unpaired) electrons. The third kappa shape index (κ3) is 3.62. The van der Waals surface area contributed by atoms with Crippen molar-refractivity contribution in [3.63, 3.8) is 0 Å². The summed E-state index contributed by atoms with van der Waals surface area (Å²) < 4.78 is 5.36. The van der Waals surface area contributed by atoms with Crippen molar-refractivity contribution >= 4 is 29.1 Å². The Balaban J connectivity index is 2.11. The fraction of sp³-hybridized carbons (Fsp3) is 0.250. The SMILES string of the molecule is COc1cc(Cl)c(C)cc1NCc1ccc(SC)cc1. The monoisotopic (exact) mass is 307 g/mol. The summed E-state index contributed by atoms with van der Waals surface area (Å²) in [7, 11) is 1.65. The zero-order valence-electron chi connectivity index (χ0n) is 11.9. The molecule has 0 aliphatic carbocycles. The zero-order valence-corrected chi connectivity index (χ0v) is 13.4. The van der Waals surface area contributed by atoms with E-state index in [0.717, 1.165) is 28.6 Å². The number of hydrogen-bond acceptors (Lipinski definition) is 3. The van der Waals surface area contributed by atoms with Gasteiger partial charge in [-0.2, -0.15) is 0 Å². The normalized spacial score (nSPS) is 10.4. The number of ether oxygens (including phenoxy) is 1. The van der Waals surface area contributed by atoms with Gasteiger partial charge in [-0.25, -0.2) is 0 Å². The van der Waals surface area contributed by atoms with E-state index in [9.17, 15) is 0 Å². The van der Waals surface area contributed by atoms with E-state index in [4.69, 9.17) is 16.3 Å². The Labute approximate surface area is 129 Å². The Morgan fingerprint density at radius 3 is 2.50 bits per heavy atom. The Morgan fingerprint density at radius 2 is 1.90 bits per heavy atom. The number of benzene rings is 2. The van der Waals surface area contributed by atoms with Gasteiger partial charge < -0.3 is 10.1 Å². The number of nitrogens with one attached hydrogen (secondary N) is 1. The molecular formula is C16H18ClNOS.